The molecule has 0 spiro atoms. The topological polar surface area (TPSA) is 12.0 Å². The molecule has 134 valence electrons. The standard InChI is InChI=1S/C21H45N/c1-4-7-9-11-13-14-16-19-21(18-6-3)22-20-17-15-12-10-8-5-2/h21-22H,4-20H2,1-3H3. The summed E-state index contributed by atoms with van der Waals surface area (Å²) in [6, 6.07) is 0.788. The zero-order valence-electron chi connectivity index (χ0n) is 16.1. The van der Waals surface area contributed by atoms with Crippen molar-refractivity contribution in [3.63, 3.8) is 0 Å². The highest BCUT2D eigenvalue weighted by Crippen LogP contribution is 2.12. The second-order valence-corrected chi connectivity index (χ2v) is 7.12. The van der Waals surface area contributed by atoms with Gasteiger partial charge in [-0.05, 0) is 25.8 Å². The van der Waals surface area contributed by atoms with Crippen LogP contribution < -0.4 is 5.32 Å². The Labute approximate surface area is 142 Å². The third-order valence-electron chi connectivity index (χ3n) is 4.76. The lowest BCUT2D eigenvalue weighted by atomic mass is 10.0. The normalized spacial score (nSPS) is 12.7. The van der Waals surface area contributed by atoms with Crippen LogP contribution in [0, 0.1) is 0 Å². The van der Waals surface area contributed by atoms with Gasteiger partial charge in [0.05, 0.1) is 0 Å². The van der Waals surface area contributed by atoms with Gasteiger partial charge < -0.3 is 5.32 Å². The summed E-state index contributed by atoms with van der Waals surface area (Å²) >= 11 is 0. The number of hydrogen-bond acceptors (Lipinski definition) is 1. The summed E-state index contributed by atoms with van der Waals surface area (Å²) in [5.41, 5.74) is 0. The molecule has 0 rings (SSSR count). The van der Waals surface area contributed by atoms with E-state index in [1.807, 2.05) is 0 Å². The van der Waals surface area contributed by atoms with Crippen LogP contribution in [0.1, 0.15) is 124 Å². The van der Waals surface area contributed by atoms with Gasteiger partial charge in [0.1, 0.15) is 0 Å². The summed E-state index contributed by atoms with van der Waals surface area (Å²) < 4.78 is 0. The molecule has 0 aliphatic carbocycles. The lowest BCUT2D eigenvalue weighted by Crippen LogP contribution is -2.29. The van der Waals surface area contributed by atoms with Crippen molar-refractivity contribution in [1.82, 2.24) is 5.32 Å². The van der Waals surface area contributed by atoms with Crippen molar-refractivity contribution in [3.05, 3.63) is 0 Å². The fraction of sp³-hybridized carbons (Fsp3) is 1.00. The van der Waals surface area contributed by atoms with Crippen LogP contribution in [0.3, 0.4) is 0 Å². The number of unbranched alkanes of at least 4 members (excludes halogenated alkanes) is 11. The minimum absolute atomic E-state index is 0.788. The van der Waals surface area contributed by atoms with Crippen LogP contribution in [0.25, 0.3) is 0 Å². The molecule has 1 N–H and O–H groups in total. The molecule has 0 saturated carbocycles. The molecule has 1 atom stereocenters. The molecular weight excluding hydrogens is 266 g/mol. The molecule has 0 aliphatic rings. The van der Waals surface area contributed by atoms with Crippen LogP contribution in [-0.4, -0.2) is 12.6 Å². The lowest BCUT2D eigenvalue weighted by Gasteiger charge is -2.18. The van der Waals surface area contributed by atoms with E-state index in [1.54, 1.807) is 0 Å². The van der Waals surface area contributed by atoms with Crippen molar-refractivity contribution in [2.24, 2.45) is 0 Å². The van der Waals surface area contributed by atoms with Crippen LogP contribution in [0.5, 0.6) is 0 Å². The van der Waals surface area contributed by atoms with E-state index in [4.69, 9.17) is 0 Å². The first kappa shape index (κ1) is 22.0. The Balaban J connectivity index is 3.44. The van der Waals surface area contributed by atoms with Crippen molar-refractivity contribution in [2.45, 2.75) is 130 Å². The van der Waals surface area contributed by atoms with E-state index >= 15 is 0 Å². The molecule has 1 nitrogen and oxygen atoms in total. The quantitative estimate of drug-likeness (QED) is 0.263. The van der Waals surface area contributed by atoms with E-state index in [0.29, 0.717) is 0 Å². The summed E-state index contributed by atoms with van der Waals surface area (Å²) in [6.45, 7) is 8.16. The third kappa shape index (κ3) is 16.3. The number of nitrogens with one attached hydrogen (secondary N) is 1. The summed E-state index contributed by atoms with van der Waals surface area (Å²) in [6.07, 6.45) is 22.6. The van der Waals surface area contributed by atoms with Crippen molar-refractivity contribution in [2.75, 3.05) is 6.54 Å². The lowest BCUT2D eigenvalue weighted by molar-refractivity contribution is 0.418. The van der Waals surface area contributed by atoms with Crippen LogP contribution in [0.2, 0.25) is 0 Å². The van der Waals surface area contributed by atoms with Gasteiger partial charge in [0.15, 0.2) is 0 Å². The molecule has 22 heavy (non-hydrogen) atoms. The zero-order valence-corrected chi connectivity index (χ0v) is 16.1. The van der Waals surface area contributed by atoms with Crippen LogP contribution in [0.15, 0.2) is 0 Å². The van der Waals surface area contributed by atoms with Gasteiger partial charge in [0.25, 0.3) is 0 Å². The Hall–Kier alpha value is -0.0400. The van der Waals surface area contributed by atoms with Gasteiger partial charge in [-0.15, -0.1) is 0 Å². The van der Waals surface area contributed by atoms with Gasteiger partial charge in [0, 0.05) is 6.04 Å². The van der Waals surface area contributed by atoms with Crippen molar-refractivity contribution in [3.8, 4) is 0 Å². The van der Waals surface area contributed by atoms with Gasteiger partial charge >= 0.3 is 0 Å². The highest BCUT2D eigenvalue weighted by molar-refractivity contribution is 4.66. The summed E-state index contributed by atoms with van der Waals surface area (Å²) in [5.74, 6) is 0. The minimum Gasteiger partial charge on any atom is -0.314 e. The van der Waals surface area contributed by atoms with Gasteiger partial charge in [-0.3, -0.25) is 0 Å². The van der Waals surface area contributed by atoms with Crippen LogP contribution in [0.4, 0.5) is 0 Å². The predicted molar refractivity (Wildman–Crippen MR) is 103 cm³/mol. The van der Waals surface area contributed by atoms with Crippen molar-refractivity contribution >= 4 is 0 Å². The van der Waals surface area contributed by atoms with E-state index < -0.39 is 0 Å². The first-order valence-corrected chi connectivity index (χ1v) is 10.6. The molecule has 0 fully saturated rings. The van der Waals surface area contributed by atoms with Gasteiger partial charge in [0.2, 0.25) is 0 Å². The monoisotopic (exact) mass is 311 g/mol. The van der Waals surface area contributed by atoms with E-state index in [1.165, 1.54) is 109 Å². The van der Waals surface area contributed by atoms with E-state index in [0.717, 1.165) is 6.04 Å². The first-order chi connectivity index (χ1) is 10.8. The number of rotatable bonds is 18. The molecule has 0 aromatic heterocycles. The maximum atomic E-state index is 3.82. The van der Waals surface area contributed by atoms with E-state index in [9.17, 15) is 0 Å². The predicted octanol–water partition coefficient (Wildman–Crippen LogP) is 7.25. The number of hydrogen-bond donors (Lipinski definition) is 1. The largest absolute Gasteiger partial charge is 0.314 e. The molecular formula is C21H45N. The Bertz CT molecular complexity index is 172. The zero-order chi connectivity index (χ0) is 16.3. The van der Waals surface area contributed by atoms with Crippen molar-refractivity contribution < 1.29 is 0 Å². The second-order valence-electron chi connectivity index (χ2n) is 7.12. The summed E-state index contributed by atoms with van der Waals surface area (Å²) in [7, 11) is 0. The summed E-state index contributed by atoms with van der Waals surface area (Å²) in [5, 5.41) is 3.82. The second kappa shape index (κ2) is 19.0. The Morgan fingerprint density at radius 1 is 0.500 bits per heavy atom. The smallest absolute Gasteiger partial charge is 0.00669 e. The minimum atomic E-state index is 0.788. The first-order valence-electron chi connectivity index (χ1n) is 10.6. The van der Waals surface area contributed by atoms with Crippen LogP contribution in [-0.2, 0) is 0 Å². The Morgan fingerprint density at radius 2 is 1.00 bits per heavy atom. The molecule has 1 heteroatoms. The van der Waals surface area contributed by atoms with Gasteiger partial charge in [-0.2, -0.15) is 0 Å². The van der Waals surface area contributed by atoms with Gasteiger partial charge in [-0.25, -0.2) is 0 Å². The fourth-order valence-electron chi connectivity index (χ4n) is 3.26. The Kier molecular flexibility index (Phi) is 19.0. The average molecular weight is 312 g/mol. The SMILES string of the molecule is CCCCCCCCCC(CCC)NCCCCCCCC. The molecule has 0 amide bonds. The highest BCUT2D eigenvalue weighted by atomic mass is 14.9. The van der Waals surface area contributed by atoms with E-state index in [-0.39, 0.29) is 0 Å². The maximum Gasteiger partial charge on any atom is 0.00669 e. The third-order valence-corrected chi connectivity index (χ3v) is 4.76. The van der Waals surface area contributed by atoms with Crippen LogP contribution >= 0.6 is 0 Å². The average Bonchev–Trinajstić information content (AvgIpc) is 2.53. The highest BCUT2D eigenvalue weighted by Gasteiger charge is 2.06. The molecule has 1 unspecified atom stereocenters. The molecule has 0 radical (unpaired) electrons. The Morgan fingerprint density at radius 3 is 1.55 bits per heavy atom. The maximum absolute atomic E-state index is 3.82. The molecule has 0 aliphatic heterocycles. The molecule has 0 aromatic carbocycles. The van der Waals surface area contributed by atoms with E-state index in [2.05, 4.69) is 26.1 Å². The molecule has 0 bridgehead atoms. The fourth-order valence-corrected chi connectivity index (χ4v) is 3.26. The molecule has 0 aromatic rings. The van der Waals surface area contributed by atoms with Gasteiger partial charge in [-0.1, -0.05) is 104 Å². The molecule has 0 heterocycles. The molecule has 0 saturated heterocycles. The van der Waals surface area contributed by atoms with Crippen molar-refractivity contribution in [1.29, 1.82) is 0 Å². The summed E-state index contributed by atoms with van der Waals surface area (Å²) in [4.78, 5) is 0.